The molecule has 0 aliphatic carbocycles. The number of halogens is 1. The van der Waals surface area contributed by atoms with E-state index in [0.717, 1.165) is 11.2 Å². The van der Waals surface area contributed by atoms with Crippen LogP contribution in [0.25, 0.3) is 5.65 Å². The number of carbonyl (C=O) groups is 2. The van der Waals surface area contributed by atoms with Crippen LogP contribution in [-0.2, 0) is 16.0 Å². The van der Waals surface area contributed by atoms with Crippen molar-refractivity contribution >= 4 is 34.9 Å². The highest BCUT2D eigenvalue weighted by Gasteiger charge is 2.38. The topological polar surface area (TPSA) is 57.9 Å². The second-order valence-electron chi connectivity index (χ2n) is 6.64. The summed E-state index contributed by atoms with van der Waals surface area (Å²) < 4.78 is 1.87. The number of hydrogen-bond donors (Lipinski definition) is 0. The van der Waals surface area contributed by atoms with Crippen LogP contribution in [0.1, 0.15) is 5.56 Å². The van der Waals surface area contributed by atoms with Crippen molar-refractivity contribution in [2.75, 3.05) is 18.0 Å². The van der Waals surface area contributed by atoms with Crippen LogP contribution in [-0.4, -0.2) is 45.2 Å². The summed E-state index contributed by atoms with van der Waals surface area (Å²) in [5, 5.41) is 0.629. The number of pyridine rings is 1. The molecule has 6 nitrogen and oxygen atoms in total. The Balaban J connectivity index is 1.66. The van der Waals surface area contributed by atoms with Gasteiger partial charge in [0.25, 0.3) is 5.91 Å². The van der Waals surface area contributed by atoms with Gasteiger partial charge in [-0.3, -0.25) is 14.5 Å². The molecule has 142 valence electrons. The fourth-order valence-corrected chi connectivity index (χ4v) is 3.61. The van der Waals surface area contributed by atoms with Gasteiger partial charge >= 0.3 is 0 Å². The molecule has 7 heteroatoms. The number of imidazole rings is 1. The highest BCUT2D eigenvalue weighted by Crippen LogP contribution is 2.23. The third-order valence-corrected chi connectivity index (χ3v) is 5.17. The smallest absolute Gasteiger partial charge is 0.251 e. The monoisotopic (exact) mass is 394 g/mol. The van der Waals surface area contributed by atoms with Crippen molar-refractivity contribution in [3.8, 4) is 0 Å². The molecule has 2 amide bonds. The number of piperazine rings is 1. The maximum Gasteiger partial charge on any atom is 0.251 e. The molecule has 28 heavy (non-hydrogen) atoms. The van der Waals surface area contributed by atoms with Gasteiger partial charge in [0.05, 0.1) is 6.20 Å². The van der Waals surface area contributed by atoms with Gasteiger partial charge in [0, 0.05) is 30.7 Å². The van der Waals surface area contributed by atoms with Gasteiger partial charge in [0.2, 0.25) is 5.91 Å². The molecule has 1 aromatic carbocycles. The van der Waals surface area contributed by atoms with E-state index in [4.69, 9.17) is 11.6 Å². The standard InChI is InChI=1S/C21H19ClN4O2/c1-2-20(27)25-11-12-26(19-14-24-10-4-3-5-18(24)23-19)21(28)17(25)13-15-6-8-16(22)9-7-15/h2-10,14,17H,1,11-13H2/t17-/m1/s1. The van der Waals surface area contributed by atoms with E-state index >= 15 is 0 Å². The Morgan fingerprint density at radius 1 is 1.21 bits per heavy atom. The molecule has 0 radical (unpaired) electrons. The van der Waals surface area contributed by atoms with Gasteiger partial charge in [-0.15, -0.1) is 0 Å². The van der Waals surface area contributed by atoms with Crippen LogP contribution in [0.3, 0.4) is 0 Å². The number of benzene rings is 1. The van der Waals surface area contributed by atoms with Crippen LogP contribution in [0.5, 0.6) is 0 Å². The first-order chi connectivity index (χ1) is 13.6. The molecule has 3 heterocycles. The summed E-state index contributed by atoms with van der Waals surface area (Å²) in [6.45, 7) is 4.38. The van der Waals surface area contributed by atoms with E-state index in [1.54, 1.807) is 21.9 Å². The number of carbonyl (C=O) groups excluding carboxylic acids is 2. The predicted molar refractivity (Wildman–Crippen MR) is 108 cm³/mol. The Morgan fingerprint density at radius 3 is 2.71 bits per heavy atom. The zero-order chi connectivity index (χ0) is 19.7. The maximum absolute atomic E-state index is 13.3. The van der Waals surface area contributed by atoms with Crippen molar-refractivity contribution in [1.82, 2.24) is 14.3 Å². The van der Waals surface area contributed by atoms with Gasteiger partial charge in [-0.05, 0) is 35.9 Å². The lowest BCUT2D eigenvalue weighted by Crippen LogP contribution is -2.59. The SMILES string of the molecule is C=CC(=O)N1CCN(c2cn3ccccc3n2)C(=O)[C@H]1Cc1ccc(Cl)cc1. The fraction of sp³-hybridized carbons (Fsp3) is 0.190. The van der Waals surface area contributed by atoms with Crippen molar-refractivity contribution in [2.45, 2.75) is 12.5 Å². The van der Waals surface area contributed by atoms with Crippen LogP contribution in [0.15, 0.2) is 67.5 Å². The lowest BCUT2D eigenvalue weighted by molar-refractivity contribution is -0.138. The largest absolute Gasteiger partial charge is 0.325 e. The number of fused-ring (bicyclic) bond motifs is 1. The van der Waals surface area contributed by atoms with E-state index < -0.39 is 6.04 Å². The van der Waals surface area contributed by atoms with Crippen molar-refractivity contribution < 1.29 is 9.59 Å². The van der Waals surface area contributed by atoms with Crippen molar-refractivity contribution in [1.29, 1.82) is 0 Å². The minimum atomic E-state index is -0.620. The van der Waals surface area contributed by atoms with E-state index in [1.807, 2.05) is 47.1 Å². The van der Waals surface area contributed by atoms with E-state index in [2.05, 4.69) is 11.6 Å². The van der Waals surface area contributed by atoms with E-state index in [-0.39, 0.29) is 11.8 Å². The summed E-state index contributed by atoms with van der Waals surface area (Å²) in [7, 11) is 0. The van der Waals surface area contributed by atoms with Gasteiger partial charge in [-0.1, -0.05) is 36.4 Å². The molecule has 0 saturated carbocycles. The maximum atomic E-state index is 13.3. The number of aromatic nitrogens is 2. The van der Waals surface area contributed by atoms with Crippen LogP contribution in [0.2, 0.25) is 5.02 Å². The molecule has 0 unspecified atom stereocenters. The molecular weight excluding hydrogens is 376 g/mol. The minimum absolute atomic E-state index is 0.153. The van der Waals surface area contributed by atoms with Crippen LogP contribution in [0, 0.1) is 0 Å². The quantitative estimate of drug-likeness (QED) is 0.639. The normalized spacial score (nSPS) is 17.2. The minimum Gasteiger partial charge on any atom is -0.325 e. The average Bonchev–Trinajstić information content (AvgIpc) is 3.14. The average molecular weight is 395 g/mol. The molecule has 3 aromatic rings. The summed E-state index contributed by atoms with van der Waals surface area (Å²) in [5.41, 5.74) is 1.70. The van der Waals surface area contributed by atoms with E-state index in [9.17, 15) is 9.59 Å². The summed E-state index contributed by atoms with van der Waals surface area (Å²) in [6, 6.07) is 12.4. The van der Waals surface area contributed by atoms with Crippen molar-refractivity contribution in [3.05, 3.63) is 78.1 Å². The zero-order valence-corrected chi connectivity index (χ0v) is 15.9. The second-order valence-corrected chi connectivity index (χ2v) is 7.07. The third kappa shape index (κ3) is 3.39. The molecule has 1 fully saturated rings. The van der Waals surface area contributed by atoms with Crippen molar-refractivity contribution in [3.63, 3.8) is 0 Å². The predicted octanol–water partition coefficient (Wildman–Crippen LogP) is 2.96. The summed E-state index contributed by atoms with van der Waals surface area (Å²) in [4.78, 5) is 33.5. The van der Waals surface area contributed by atoms with Gasteiger partial charge in [-0.2, -0.15) is 0 Å². The van der Waals surface area contributed by atoms with Crippen LogP contribution in [0.4, 0.5) is 5.82 Å². The first kappa shape index (κ1) is 18.3. The Labute approximate surface area is 167 Å². The summed E-state index contributed by atoms with van der Waals surface area (Å²) in [5.74, 6) is 0.185. The number of hydrogen-bond acceptors (Lipinski definition) is 3. The summed E-state index contributed by atoms with van der Waals surface area (Å²) >= 11 is 5.96. The van der Waals surface area contributed by atoms with Crippen molar-refractivity contribution in [2.24, 2.45) is 0 Å². The lowest BCUT2D eigenvalue weighted by atomic mass is 10.0. The van der Waals surface area contributed by atoms with Crippen LogP contribution >= 0.6 is 11.6 Å². The molecule has 1 saturated heterocycles. The van der Waals surface area contributed by atoms with Gasteiger partial charge in [-0.25, -0.2) is 4.98 Å². The second kappa shape index (κ2) is 7.48. The zero-order valence-electron chi connectivity index (χ0n) is 15.2. The highest BCUT2D eigenvalue weighted by molar-refractivity contribution is 6.30. The Kier molecular flexibility index (Phi) is 4.88. The number of rotatable bonds is 4. The van der Waals surface area contributed by atoms with E-state index in [1.165, 1.54) is 6.08 Å². The summed E-state index contributed by atoms with van der Waals surface area (Å²) in [6.07, 6.45) is 5.37. The molecule has 0 bridgehead atoms. The first-order valence-electron chi connectivity index (χ1n) is 8.99. The Morgan fingerprint density at radius 2 is 2.00 bits per heavy atom. The number of nitrogens with zero attached hydrogens (tertiary/aromatic N) is 4. The first-order valence-corrected chi connectivity index (χ1v) is 9.37. The van der Waals surface area contributed by atoms with Gasteiger partial charge in [0.1, 0.15) is 11.7 Å². The molecule has 0 spiro atoms. The molecule has 4 rings (SSSR count). The molecule has 0 N–H and O–H groups in total. The Hall–Kier alpha value is -3.12. The molecule has 1 aliphatic heterocycles. The highest BCUT2D eigenvalue weighted by atomic mass is 35.5. The number of amides is 2. The lowest BCUT2D eigenvalue weighted by Gasteiger charge is -2.39. The van der Waals surface area contributed by atoms with Gasteiger partial charge < -0.3 is 9.30 Å². The molecule has 1 atom stereocenters. The van der Waals surface area contributed by atoms with Crippen LogP contribution < -0.4 is 4.90 Å². The molecule has 1 aliphatic rings. The number of anilines is 1. The fourth-order valence-electron chi connectivity index (χ4n) is 3.49. The third-order valence-electron chi connectivity index (χ3n) is 4.92. The van der Waals surface area contributed by atoms with Gasteiger partial charge in [0.15, 0.2) is 5.82 Å². The molecular formula is C21H19ClN4O2. The van der Waals surface area contributed by atoms with E-state index in [0.29, 0.717) is 30.4 Å². The Bertz CT molecular complexity index is 1010. The molecule has 2 aromatic heterocycles.